The van der Waals surface area contributed by atoms with Crippen molar-refractivity contribution < 1.29 is 27.1 Å². The first-order chi connectivity index (χ1) is 10.7. The molecule has 0 aliphatic carbocycles. The van der Waals surface area contributed by atoms with E-state index < -0.39 is 32.5 Å². The first-order valence-electron chi connectivity index (χ1n) is 5.97. The number of nitrogens with one attached hydrogen (secondary N) is 2. The second-order valence-corrected chi connectivity index (χ2v) is 6.75. The van der Waals surface area contributed by atoms with Gasteiger partial charge in [0, 0.05) is 10.5 Å². The van der Waals surface area contributed by atoms with Crippen molar-refractivity contribution in [1.82, 2.24) is 10.3 Å². The Morgan fingerprint density at radius 1 is 1.17 bits per heavy atom. The minimum absolute atomic E-state index is 0.186. The van der Waals surface area contributed by atoms with Crippen LogP contribution >= 0.6 is 15.9 Å². The highest BCUT2D eigenvalue weighted by atomic mass is 79.9. The summed E-state index contributed by atoms with van der Waals surface area (Å²) in [5.41, 5.74) is 1.64. The molecule has 0 bridgehead atoms. The van der Waals surface area contributed by atoms with E-state index >= 15 is 0 Å². The largest absolute Gasteiger partial charge is 0.507 e. The van der Waals surface area contributed by atoms with Crippen molar-refractivity contribution >= 4 is 31.9 Å². The third-order valence-corrected chi connectivity index (χ3v) is 4.89. The number of benzene rings is 2. The third kappa shape index (κ3) is 3.84. The fourth-order valence-corrected chi connectivity index (χ4v) is 3.69. The lowest BCUT2D eigenvalue weighted by molar-refractivity contribution is 0.0942. The molecule has 0 saturated carbocycles. The highest BCUT2D eigenvalue weighted by molar-refractivity contribution is 9.10. The molecule has 10 heteroatoms. The van der Waals surface area contributed by atoms with Gasteiger partial charge in [0.25, 0.3) is 15.9 Å². The standard InChI is InChI=1S/C13H9BrF2N2O4S/c14-9-5-7(15)6-10(16)12(9)23(21,22)18-17-13(20)8-3-1-2-4-11(8)19/h1-6,18-19H,(H,17,20). The van der Waals surface area contributed by atoms with Crippen molar-refractivity contribution in [3.63, 3.8) is 0 Å². The quantitative estimate of drug-likeness (QED) is 0.677. The van der Waals surface area contributed by atoms with Crippen LogP contribution in [-0.4, -0.2) is 19.4 Å². The Kier molecular flexibility index (Phi) is 4.97. The average molecular weight is 407 g/mol. The maximum absolute atomic E-state index is 13.7. The number of aromatic hydroxyl groups is 1. The van der Waals surface area contributed by atoms with Gasteiger partial charge in [-0.15, -0.1) is 4.83 Å². The molecule has 3 N–H and O–H groups in total. The van der Waals surface area contributed by atoms with Crippen LogP contribution in [0.15, 0.2) is 45.8 Å². The van der Waals surface area contributed by atoms with Crippen LogP contribution < -0.4 is 10.3 Å². The Hall–Kier alpha value is -2.04. The molecule has 122 valence electrons. The van der Waals surface area contributed by atoms with Gasteiger partial charge in [-0.25, -0.2) is 17.2 Å². The van der Waals surface area contributed by atoms with Gasteiger partial charge in [0.1, 0.15) is 22.3 Å². The van der Waals surface area contributed by atoms with Crippen LogP contribution in [0.1, 0.15) is 10.4 Å². The zero-order valence-electron chi connectivity index (χ0n) is 11.2. The molecule has 2 aromatic rings. The van der Waals surface area contributed by atoms with Gasteiger partial charge in [-0.3, -0.25) is 10.2 Å². The number of rotatable bonds is 4. The minimum Gasteiger partial charge on any atom is -0.507 e. The van der Waals surface area contributed by atoms with Crippen molar-refractivity contribution in [2.45, 2.75) is 4.90 Å². The number of carbonyl (C=O) groups is 1. The molecular formula is C13H9BrF2N2O4S. The molecule has 0 heterocycles. The molecule has 2 aromatic carbocycles. The van der Waals surface area contributed by atoms with E-state index in [-0.39, 0.29) is 15.8 Å². The summed E-state index contributed by atoms with van der Waals surface area (Å²) >= 11 is 2.75. The molecule has 0 atom stereocenters. The van der Waals surface area contributed by atoms with Crippen molar-refractivity contribution in [2.24, 2.45) is 0 Å². The monoisotopic (exact) mass is 406 g/mol. The average Bonchev–Trinajstić information content (AvgIpc) is 2.44. The first-order valence-corrected chi connectivity index (χ1v) is 8.24. The van der Waals surface area contributed by atoms with E-state index in [1.165, 1.54) is 24.3 Å². The Balaban J connectivity index is 2.23. The Morgan fingerprint density at radius 3 is 2.43 bits per heavy atom. The number of sulfonamides is 1. The molecule has 0 saturated heterocycles. The molecule has 0 unspecified atom stereocenters. The summed E-state index contributed by atoms with van der Waals surface area (Å²) in [6.07, 6.45) is 0. The summed E-state index contributed by atoms with van der Waals surface area (Å²) in [6.45, 7) is 0. The third-order valence-electron chi connectivity index (χ3n) is 2.68. The molecule has 2 rings (SSSR count). The van der Waals surface area contributed by atoms with Crippen LogP contribution in [0.2, 0.25) is 0 Å². The second kappa shape index (κ2) is 6.60. The van der Waals surface area contributed by atoms with Gasteiger partial charge in [0.15, 0.2) is 0 Å². The van der Waals surface area contributed by atoms with E-state index in [2.05, 4.69) is 15.9 Å². The molecule has 0 aliphatic heterocycles. The van der Waals surface area contributed by atoms with E-state index in [0.29, 0.717) is 6.07 Å². The molecule has 0 spiro atoms. The smallest absolute Gasteiger partial charge is 0.269 e. The summed E-state index contributed by atoms with van der Waals surface area (Å²) in [6, 6.07) is 6.58. The molecular weight excluding hydrogens is 398 g/mol. The summed E-state index contributed by atoms with van der Waals surface area (Å²) < 4.78 is 50.4. The Labute approximate surface area is 138 Å². The van der Waals surface area contributed by atoms with Crippen LogP contribution in [0.4, 0.5) is 8.78 Å². The van der Waals surface area contributed by atoms with Crippen LogP contribution in [0.3, 0.4) is 0 Å². The van der Waals surface area contributed by atoms with Crippen molar-refractivity contribution in [2.75, 3.05) is 0 Å². The summed E-state index contributed by atoms with van der Waals surface area (Å²) in [5, 5.41) is 9.50. The lowest BCUT2D eigenvalue weighted by Gasteiger charge is -2.11. The highest BCUT2D eigenvalue weighted by Gasteiger charge is 2.24. The lowest BCUT2D eigenvalue weighted by Crippen LogP contribution is -2.42. The zero-order valence-corrected chi connectivity index (χ0v) is 13.6. The number of halogens is 3. The summed E-state index contributed by atoms with van der Waals surface area (Å²) in [4.78, 5) is 12.6. The SMILES string of the molecule is O=C(NNS(=O)(=O)c1c(F)cc(F)cc1Br)c1ccccc1O. The molecule has 0 aromatic heterocycles. The number of phenols is 1. The van der Waals surface area contributed by atoms with E-state index in [1.807, 2.05) is 5.43 Å². The van der Waals surface area contributed by atoms with Crippen LogP contribution in [0.25, 0.3) is 0 Å². The lowest BCUT2D eigenvalue weighted by atomic mass is 10.2. The molecule has 0 radical (unpaired) electrons. The number of hydrogen-bond acceptors (Lipinski definition) is 4. The summed E-state index contributed by atoms with van der Waals surface area (Å²) in [5.74, 6) is -3.61. The second-order valence-electron chi connectivity index (χ2n) is 4.28. The Bertz CT molecular complexity index is 851. The van der Waals surface area contributed by atoms with E-state index in [4.69, 9.17) is 0 Å². The van der Waals surface area contributed by atoms with Gasteiger partial charge in [-0.05, 0) is 34.1 Å². The van der Waals surface area contributed by atoms with Crippen LogP contribution in [-0.2, 0) is 10.0 Å². The van der Waals surface area contributed by atoms with Gasteiger partial charge in [-0.1, -0.05) is 12.1 Å². The molecule has 6 nitrogen and oxygen atoms in total. The fraction of sp³-hybridized carbons (Fsp3) is 0. The molecule has 0 aliphatic rings. The number of hydrogen-bond donors (Lipinski definition) is 3. The maximum atomic E-state index is 13.7. The fourth-order valence-electron chi connectivity index (χ4n) is 1.68. The van der Waals surface area contributed by atoms with Gasteiger partial charge in [-0.2, -0.15) is 0 Å². The highest BCUT2D eigenvalue weighted by Crippen LogP contribution is 2.25. The number of phenolic OH excluding ortho intramolecular Hbond substituents is 1. The predicted molar refractivity (Wildman–Crippen MR) is 80.0 cm³/mol. The normalized spacial score (nSPS) is 11.3. The number of carbonyl (C=O) groups excluding carboxylic acids is 1. The summed E-state index contributed by atoms with van der Waals surface area (Å²) in [7, 11) is -4.51. The molecule has 1 amide bonds. The van der Waals surface area contributed by atoms with E-state index in [0.717, 1.165) is 6.07 Å². The van der Waals surface area contributed by atoms with Crippen molar-refractivity contribution in [3.8, 4) is 5.75 Å². The van der Waals surface area contributed by atoms with Crippen molar-refractivity contribution in [3.05, 3.63) is 58.1 Å². The minimum atomic E-state index is -4.51. The molecule has 0 fully saturated rings. The van der Waals surface area contributed by atoms with E-state index in [1.54, 1.807) is 4.83 Å². The maximum Gasteiger partial charge on any atom is 0.269 e. The van der Waals surface area contributed by atoms with Gasteiger partial charge in [0.2, 0.25) is 0 Å². The number of hydrazine groups is 1. The predicted octanol–water partition coefficient (Wildman–Crippen LogP) is 2.06. The van der Waals surface area contributed by atoms with Crippen LogP contribution in [0.5, 0.6) is 5.75 Å². The molecule has 23 heavy (non-hydrogen) atoms. The van der Waals surface area contributed by atoms with Gasteiger partial charge >= 0.3 is 0 Å². The topological polar surface area (TPSA) is 95.5 Å². The zero-order chi connectivity index (χ0) is 17.2. The Morgan fingerprint density at radius 2 is 1.83 bits per heavy atom. The van der Waals surface area contributed by atoms with Gasteiger partial charge in [0.05, 0.1) is 5.56 Å². The first kappa shape index (κ1) is 17.3. The van der Waals surface area contributed by atoms with Crippen molar-refractivity contribution in [1.29, 1.82) is 0 Å². The van der Waals surface area contributed by atoms with Gasteiger partial charge < -0.3 is 5.11 Å². The van der Waals surface area contributed by atoms with Crippen LogP contribution in [0, 0.1) is 11.6 Å². The van der Waals surface area contributed by atoms with E-state index in [9.17, 15) is 27.1 Å². The number of para-hydroxylation sites is 1. The number of amides is 1.